The number of nitrogens with zero attached hydrogens (tertiary/aromatic N) is 2. The van der Waals surface area contributed by atoms with Gasteiger partial charge >= 0.3 is 0 Å². The van der Waals surface area contributed by atoms with Gasteiger partial charge in [-0.2, -0.15) is 4.98 Å². The Hall–Kier alpha value is -2.40. The molecule has 5 nitrogen and oxygen atoms in total. The van der Waals surface area contributed by atoms with E-state index in [1.807, 2.05) is 12.1 Å². The van der Waals surface area contributed by atoms with E-state index in [0.29, 0.717) is 35.7 Å². The summed E-state index contributed by atoms with van der Waals surface area (Å²) < 4.78 is 10.7. The number of hydrogen-bond acceptors (Lipinski definition) is 5. The first-order valence-corrected chi connectivity index (χ1v) is 6.90. The number of furan rings is 1. The van der Waals surface area contributed by atoms with Crippen molar-refractivity contribution < 1.29 is 8.94 Å². The van der Waals surface area contributed by atoms with E-state index in [2.05, 4.69) is 36.1 Å². The Morgan fingerprint density at radius 2 is 1.86 bits per heavy atom. The normalized spacial score (nSPS) is 11.2. The molecule has 2 heterocycles. The Bertz CT molecular complexity index is 726. The molecule has 0 aliphatic carbocycles. The summed E-state index contributed by atoms with van der Waals surface area (Å²) in [6.45, 7) is 4.67. The molecule has 0 spiro atoms. The molecule has 0 saturated carbocycles. The van der Waals surface area contributed by atoms with Gasteiger partial charge in [0.15, 0.2) is 5.76 Å². The van der Waals surface area contributed by atoms with E-state index in [-0.39, 0.29) is 0 Å². The van der Waals surface area contributed by atoms with Crippen molar-refractivity contribution in [3.05, 3.63) is 47.7 Å². The van der Waals surface area contributed by atoms with Crippen molar-refractivity contribution in [3.8, 4) is 23.0 Å². The number of nitrogens with two attached hydrogens (primary N) is 1. The molecule has 0 atom stereocenters. The lowest BCUT2D eigenvalue weighted by atomic mass is 10.0. The van der Waals surface area contributed by atoms with E-state index >= 15 is 0 Å². The summed E-state index contributed by atoms with van der Waals surface area (Å²) in [4.78, 5) is 4.36. The number of rotatable bonds is 4. The van der Waals surface area contributed by atoms with Crippen LogP contribution in [0, 0.1) is 0 Å². The first kappa shape index (κ1) is 13.6. The van der Waals surface area contributed by atoms with E-state index in [1.54, 1.807) is 12.1 Å². The van der Waals surface area contributed by atoms with Crippen LogP contribution >= 0.6 is 0 Å². The first-order valence-electron chi connectivity index (χ1n) is 6.90. The van der Waals surface area contributed by atoms with Crippen LogP contribution in [0.25, 0.3) is 23.0 Å². The maximum absolute atomic E-state index is 5.52. The van der Waals surface area contributed by atoms with Crippen LogP contribution < -0.4 is 5.73 Å². The first-order chi connectivity index (χ1) is 10.2. The SMILES string of the molecule is CC(C)c1ccc(-c2noc(-c3ccc(CN)o3)n2)cc1. The molecule has 0 bridgehead atoms. The van der Waals surface area contributed by atoms with Crippen molar-refractivity contribution >= 4 is 0 Å². The molecule has 2 aromatic heterocycles. The molecule has 1 aromatic carbocycles. The standard InChI is InChI=1S/C16H17N3O2/c1-10(2)11-3-5-12(6-4-11)15-18-16(21-19-15)14-8-7-13(9-17)20-14/h3-8,10H,9,17H2,1-2H3. The van der Waals surface area contributed by atoms with Crippen molar-refractivity contribution in [2.75, 3.05) is 0 Å². The maximum atomic E-state index is 5.52. The second-order valence-electron chi connectivity index (χ2n) is 5.17. The van der Waals surface area contributed by atoms with Crippen LogP contribution in [0.5, 0.6) is 0 Å². The van der Waals surface area contributed by atoms with Gasteiger partial charge in [0, 0.05) is 5.56 Å². The zero-order chi connectivity index (χ0) is 14.8. The summed E-state index contributed by atoms with van der Waals surface area (Å²) in [5, 5.41) is 4.00. The summed E-state index contributed by atoms with van der Waals surface area (Å²) in [7, 11) is 0. The summed E-state index contributed by atoms with van der Waals surface area (Å²) in [6, 6.07) is 11.7. The van der Waals surface area contributed by atoms with E-state index in [1.165, 1.54) is 5.56 Å². The van der Waals surface area contributed by atoms with Crippen LogP contribution in [-0.2, 0) is 6.54 Å². The molecule has 0 saturated heterocycles. The van der Waals surface area contributed by atoms with Crippen molar-refractivity contribution in [1.29, 1.82) is 0 Å². The molecule has 0 amide bonds. The van der Waals surface area contributed by atoms with Gasteiger partial charge in [0.2, 0.25) is 5.82 Å². The van der Waals surface area contributed by atoms with Crippen molar-refractivity contribution in [2.24, 2.45) is 5.73 Å². The zero-order valence-corrected chi connectivity index (χ0v) is 12.0. The van der Waals surface area contributed by atoms with Crippen LogP contribution in [-0.4, -0.2) is 10.1 Å². The fourth-order valence-electron chi connectivity index (χ4n) is 2.06. The largest absolute Gasteiger partial charge is 0.455 e. The van der Waals surface area contributed by atoms with Gasteiger partial charge in [0.25, 0.3) is 5.89 Å². The predicted octanol–water partition coefficient (Wildman–Crippen LogP) is 3.58. The molecule has 108 valence electrons. The van der Waals surface area contributed by atoms with E-state index in [9.17, 15) is 0 Å². The van der Waals surface area contributed by atoms with Gasteiger partial charge in [0.05, 0.1) is 6.54 Å². The second kappa shape index (κ2) is 5.54. The predicted molar refractivity (Wildman–Crippen MR) is 79.4 cm³/mol. The highest BCUT2D eigenvalue weighted by atomic mass is 16.5. The fraction of sp³-hybridized carbons (Fsp3) is 0.250. The monoisotopic (exact) mass is 283 g/mol. The highest BCUT2D eigenvalue weighted by molar-refractivity contribution is 5.57. The molecule has 3 rings (SSSR count). The fourth-order valence-corrected chi connectivity index (χ4v) is 2.06. The van der Waals surface area contributed by atoms with Gasteiger partial charge in [-0.05, 0) is 23.6 Å². The minimum atomic E-state index is 0.345. The summed E-state index contributed by atoms with van der Waals surface area (Å²) >= 11 is 0. The summed E-state index contributed by atoms with van der Waals surface area (Å²) in [5.74, 6) is 2.63. The Morgan fingerprint density at radius 3 is 2.48 bits per heavy atom. The van der Waals surface area contributed by atoms with Gasteiger partial charge in [-0.1, -0.05) is 43.3 Å². The van der Waals surface area contributed by atoms with Gasteiger partial charge in [-0.15, -0.1) is 0 Å². The molecule has 3 aromatic rings. The van der Waals surface area contributed by atoms with Crippen LogP contribution in [0.15, 0.2) is 45.3 Å². The third-order valence-electron chi connectivity index (χ3n) is 3.34. The lowest BCUT2D eigenvalue weighted by Crippen LogP contribution is -1.92. The molecular formula is C16H17N3O2. The average molecular weight is 283 g/mol. The number of hydrogen-bond donors (Lipinski definition) is 1. The van der Waals surface area contributed by atoms with Crippen molar-refractivity contribution in [2.45, 2.75) is 26.3 Å². The summed E-state index contributed by atoms with van der Waals surface area (Å²) in [5.41, 5.74) is 7.71. The summed E-state index contributed by atoms with van der Waals surface area (Å²) in [6.07, 6.45) is 0. The van der Waals surface area contributed by atoms with E-state index < -0.39 is 0 Å². The van der Waals surface area contributed by atoms with Crippen LogP contribution in [0.4, 0.5) is 0 Å². The van der Waals surface area contributed by atoms with Gasteiger partial charge in [0.1, 0.15) is 5.76 Å². The third-order valence-corrected chi connectivity index (χ3v) is 3.34. The molecule has 21 heavy (non-hydrogen) atoms. The molecule has 0 radical (unpaired) electrons. The lowest BCUT2D eigenvalue weighted by molar-refractivity contribution is 0.412. The molecule has 0 unspecified atom stereocenters. The molecule has 0 fully saturated rings. The third kappa shape index (κ3) is 2.73. The smallest absolute Gasteiger partial charge is 0.293 e. The molecule has 0 aliphatic rings. The van der Waals surface area contributed by atoms with Gasteiger partial charge in [-0.3, -0.25) is 0 Å². The number of aromatic nitrogens is 2. The van der Waals surface area contributed by atoms with Crippen molar-refractivity contribution in [3.63, 3.8) is 0 Å². The van der Waals surface area contributed by atoms with E-state index in [0.717, 1.165) is 5.56 Å². The zero-order valence-electron chi connectivity index (χ0n) is 12.0. The Labute approximate surface area is 122 Å². The van der Waals surface area contributed by atoms with Gasteiger partial charge in [-0.25, -0.2) is 0 Å². The van der Waals surface area contributed by atoms with E-state index in [4.69, 9.17) is 14.7 Å². The average Bonchev–Trinajstić information content (AvgIpc) is 3.16. The second-order valence-corrected chi connectivity index (χ2v) is 5.17. The van der Waals surface area contributed by atoms with Crippen LogP contribution in [0.3, 0.4) is 0 Å². The minimum Gasteiger partial charge on any atom is -0.455 e. The molecule has 5 heteroatoms. The highest BCUT2D eigenvalue weighted by Crippen LogP contribution is 2.25. The van der Waals surface area contributed by atoms with Crippen LogP contribution in [0.2, 0.25) is 0 Å². The Balaban J connectivity index is 1.87. The molecule has 0 aliphatic heterocycles. The topological polar surface area (TPSA) is 78.1 Å². The minimum absolute atomic E-state index is 0.345. The number of benzene rings is 1. The Morgan fingerprint density at radius 1 is 1.10 bits per heavy atom. The molecule has 2 N–H and O–H groups in total. The molecular weight excluding hydrogens is 266 g/mol. The van der Waals surface area contributed by atoms with Gasteiger partial charge < -0.3 is 14.7 Å². The Kier molecular flexibility index (Phi) is 3.58. The van der Waals surface area contributed by atoms with Crippen LogP contribution in [0.1, 0.15) is 31.1 Å². The highest BCUT2D eigenvalue weighted by Gasteiger charge is 2.14. The lowest BCUT2D eigenvalue weighted by Gasteiger charge is -2.04. The maximum Gasteiger partial charge on any atom is 0.293 e. The van der Waals surface area contributed by atoms with Crippen molar-refractivity contribution in [1.82, 2.24) is 10.1 Å². The quantitative estimate of drug-likeness (QED) is 0.791.